The Bertz CT molecular complexity index is 453. The van der Waals surface area contributed by atoms with Crippen LogP contribution in [0.3, 0.4) is 0 Å². The van der Waals surface area contributed by atoms with E-state index in [1.807, 2.05) is 30.3 Å². The number of para-hydroxylation sites is 1. The van der Waals surface area contributed by atoms with Gasteiger partial charge in [-0.3, -0.25) is 4.79 Å². The molecule has 1 saturated carbocycles. The number of carboxylic acid groups (broad SMARTS) is 1. The van der Waals surface area contributed by atoms with Crippen LogP contribution >= 0.6 is 0 Å². The van der Waals surface area contributed by atoms with E-state index in [0.29, 0.717) is 12.8 Å². The van der Waals surface area contributed by atoms with Gasteiger partial charge in [-0.25, -0.2) is 4.79 Å². The summed E-state index contributed by atoms with van der Waals surface area (Å²) in [5.41, 5.74) is -0.219. The van der Waals surface area contributed by atoms with Crippen LogP contribution in [0.5, 0.6) is 0 Å². The van der Waals surface area contributed by atoms with E-state index in [1.165, 1.54) is 0 Å². The van der Waals surface area contributed by atoms with Gasteiger partial charge in [-0.05, 0) is 25.0 Å². The molecule has 0 aromatic heterocycles. The molecule has 5 nitrogen and oxygen atoms in total. The average molecular weight is 262 g/mol. The Morgan fingerprint density at radius 3 is 2.37 bits per heavy atom. The standard InChI is InChI=1S/C14H18N2O3/c17-12(10-15-11-6-2-1-3-7-11)16-14(13(18)19)8-4-5-9-14/h1-3,6-7,15H,4-5,8-10H2,(H,16,17)(H,18,19). The highest BCUT2D eigenvalue weighted by Gasteiger charge is 2.42. The van der Waals surface area contributed by atoms with Crippen LogP contribution in [0.2, 0.25) is 0 Å². The van der Waals surface area contributed by atoms with Crippen molar-refractivity contribution in [3.63, 3.8) is 0 Å². The van der Waals surface area contributed by atoms with Crippen molar-refractivity contribution in [3.05, 3.63) is 30.3 Å². The van der Waals surface area contributed by atoms with E-state index in [1.54, 1.807) is 0 Å². The summed E-state index contributed by atoms with van der Waals surface area (Å²) >= 11 is 0. The summed E-state index contributed by atoms with van der Waals surface area (Å²) in [7, 11) is 0. The number of nitrogens with one attached hydrogen (secondary N) is 2. The van der Waals surface area contributed by atoms with Crippen molar-refractivity contribution < 1.29 is 14.7 Å². The molecule has 0 bridgehead atoms. The molecule has 0 atom stereocenters. The quantitative estimate of drug-likeness (QED) is 0.753. The molecule has 5 heteroatoms. The third kappa shape index (κ3) is 3.24. The van der Waals surface area contributed by atoms with Crippen molar-refractivity contribution in [1.82, 2.24) is 5.32 Å². The van der Waals surface area contributed by atoms with Gasteiger partial charge in [-0.15, -0.1) is 0 Å². The van der Waals surface area contributed by atoms with E-state index >= 15 is 0 Å². The van der Waals surface area contributed by atoms with Crippen LogP contribution in [-0.4, -0.2) is 29.1 Å². The van der Waals surface area contributed by atoms with Crippen molar-refractivity contribution in [1.29, 1.82) is 0 Å². The second-order valence-corrected chi connectivity index (χ2v) is 4.86. The molecule has 3 N–H and O–H groups in total. The first-order valence-corrected chi connectivity index (χ1v) is 6.46. The largest absolute Gasteiger partial charge is 0.480 e. The number of amides is 1. The molecule has 2 rings (SSSR count). The van der Waals surface area contributed by atoms with Crippen molar-refractivity contribution >= 4 is 17.6 Å². The minimum atomic E-state index is -1.06. The normalized spacial score (nSPS) is 16.8. The monoisotopic (exact) mass is 262 g/mol. The fourth-order valence-corrected chi connectivity index (χ4v) is 2.42. The van der Waals surface area contributed by atoms with Crippen LogP contribution < -0.4 is 10.6 Å². The van der Waals surface area contributed by atoms with Crippen LogP contribution in [0.4, 0.5) is 5.69 Å². The average Bonchev–Trinajstić information content (AvgIpc) is 2.87. The van der Waals surface area contributed by atoms with Gasteiger partial charge in [0.2, 0.25) is 5.91 Å². The molecule has 102 valence electrons. The third-order valence-corrected chi connectivity index (χ3v) is 3.47. The van der Waals surface area contributed by atoms with E-state index in [2.05, 4.69) is 10.6 Å². The first-order valence-electron chi connectivity index (χ1n) is 6.46. The Hall–Kier alpha value is -2.04. The van der Waals surface area contributed by atoms with Gasteiger partial charge in [0, 0.05) is 5.69 Å². The Kier molecular flexibility index (Phi) is 4.04. The van der Waals surface area contributed by atoms with Gasteiger partial charge in [0.05, 0.1) is 6.54 Å². The molecule has 0 radical (unpaired) electrons. The number of aliphatic carboxylic acids is 1. The van der Waals surface area contributed by atoms with Crippen LogP contribution in [0.1, 0.15) is 25.7 Å². The Labute approximate surface area is 112 Å². The summed E-state index contributed by atoms with van der Waals surface area (Å²) in [6, 6.07) is 9.35. The molecule has 0 saturated heterocycles. The van der Waals surface area contributed by atoms with Crippen molar-refractivity contribution in [2.75, 3.05) is 11.9 Å². The number of benzene rings is 1. The fraction of sp³-hybridized carbons (Fsp3) is 0.429. The first-order chi connectivity index (χ1) is 9.12. The molecule has 0 aliphatic heterocycles. The van der Waals surface area contributed by atoms with Crippen molar-refractivity contribution in [2.24, 2.45) is 0 Å². The van der Waals surface area contributed by atoms with Gasteiger partial charge in [0.1, 0.15) is 5.54 Å². The summed E-state index contributed by atoms with van der Waals surface area (Å²) in [6.45, 7) is 0.0824. The number of anilines is 1. The van der Waals surface area contributed by atoms with Crippen LogP contribution in [0.15, 0.2) is 30.3 Å². The molecule has 0 spiro atoms. The number of hydrogen-bond acceptors (Lipinski definition) is 3. The van der Waals surface area contributed by atoms with Gasteiger partial charge in [-0.1, -0.05) is 31.0 Å². The highest BCUT2D eigenvalue weighted by Crippen LogP contribution is 2.29. The van der Waals surface area contributed by atoms with Gasteiger partial charge in [-0.2, -0.15) is 0 Å². The lowest BCUT2D eigenvalue weighted by Gasteiger charge is -2.25. The third-order valence-electron chi connectivity index (χ3n) is 3.47. The van der Waals surface area contributed by atoms with E-state index in [9.17, 15) is 14.7 Å². The number of carbonyl (C=O) groups excluding carboxylic acids is 1. The van der Waals surface area contributed by atoms with E-state index in [4.69, 9.17) is 0 Å². The van der Waals surface area contributed by atoms with Crippen LogP contribution in [-0.2, 0) is 9.59 Å². The van der Waals surface area contributed by atoms with E-state index in [-0.39, 0.29) is 12.5 Å². The maximum Gasteiger partial charge on any atom is 0.329 e. The van der Waals surface area contributed by atoms with Gasteiger partial charge < -0.3 is 15.7 Å². The highest BCUT2D eigenvalue weighted by atomic mass is 16.4. The maximum absolute atomic E-state index is 11.8. The topological polar surface area (TPSA) is 78.4 Å². The van der Waals surface area contributed by atoms with Crippen molar-refractivity contribution in [3.8, 4) is 0 Å². The zero-order valence-electron chi connectivity index (χ0n) is 10.7. The summed E-state index contributed by atoms with van der Waals surface area (Å²) in [4.78, 5) is 23.1. The zero-order valence-corrected chi connectivity index (χ0v) is 10.7. The summed E-state index contributed by atoms with van der Waals surface area (Å²) in [5, 5.41) is 14.9. The molecule has 19 heavy (non-hydrogen) atoms. The predicted molar refractivity (Wildman–Crippen MR) is 71.9 cm³/mol. The Morgan fingerprint density at radius 1 is 1.16 bits per heavy atom. The summed E-state index contributed by atoms with van der Waals surface area (Å²) in [6.07, 6.45) is 2.72. The lowest BCUT2D eigenvalue weighted by atomic mass is 9.98. The highest BCUT2D eigenvalue weighted by molar-refractivity contribution is 5.89. The number of carboxylic acids is 1. The zero-order chi connectivity index (χ0) is 13.7. The molecule has 1 aromatic rings. The van der Waals surface area contributed by atoms with Gasteiger partial charge in [0.15, 0.2) is 0 Å². The molecule has 1 aliphatic carbocycles. The molecular weight excluding hydrogens is 244 g/mol. The fourth-order valence-electron chi connectivity index (χ4n) is 2.42. The second-order valence-electron chi connectivity index (χ2n) is 4.86. The van der Waals surface area contributed by atoms with Crippen molar-refractivity contribution in [2.45, 2.75) is 31.2 Å². The number of rotatable bonds is 5. The maximum atomic E-state index is 11.8. The molecule has 1 amide bonds. The predicted octanol–water partition coefficient (Wildman–Crippen LogP) is 1.61. The number of carbonyl (C=O) groups is 2. The van der Waals surface area contributed by atoms with Crippen LogP contribution in [0.25, 0.3) is 0 Å². The Balaban J connectivity index is 1.88. The summed E-state index contributed by atoms with van der Waals surface area (Å²) in [5.74, 6) is -1.22. The lowest BCUT2D eigenvalue weighted by molar-refractivity contribution is -0.147. The smallest absolute Gasteiger partial charge is 0.329 e. The van der Waals surface area contributed by atoms with Crippen LogP contribution in [0, 0.1) is 0 Å². The van der Waals surface area contributed by atoms with E-state index in [0.717, 1.165) is 18.5 Å². The van der Waals surface area contributed by atoms with E-state index < -0.39 is 11.5 Å². The molecule has 1 fully saturated rings. The molecule has 1 aromatic carbocycles. The minimum Gasteiger partial charge on any atom is -0.480 e. The second kappa shape index (κ2) is 5.73. The molecule has 0 heterocycles. The lowest BCUT2D eigenvalue weighted by Crippen LogP contribution is -2.53. The summed E-state index contributed by atoms with van der Waals surface area (Å²) < 4.78 is 0. The SMILES string of the molecule is O=C(CNc1ccccc1)NC1(C(=O)O)CCCC1. The van der Waals surface area contributed by atoms with Gasteiger partial charge >= 0.3 is 5.97 Å². The first kappa shape index (κ1) is 13.4. The molecular formula is C14H18N2O3. The minimum absolute atomic E-state index is 0.0824. The molecule has 1 aliphatic rings. The molecule has 0 unspecified atom stereocenters. The van der Waals surface area contributed by atoms with Gasteiger partial charge in [0.25, 0.3) is 0 Å². The number of hydrogen-bond donors (Lipinski definition) is 3. The Morgan fingerprint density at radius 2 is 1.79 bits per heavy atom.